The molecule has 5 heteroatoms. The third-order valence-corrected chi connectivity index (χ3v) is 3.72. The quantitative estimate of drug-likeness (QED) is 0.661. The number of nitrogen functional groups attached to an aromatic ring is 1. The molecule has 1 atom stereocenters. The molecule has 0 aliphatic heterocycles. The molecular weight excluding hydrogens is 278 g/mol. The van der Waals surface area contributed by atoms with Gasteiger partial charge >= 0.3 is 5.97 Å². The van der Waals surface area contributed by atoms with Crippen LogP contribution in [0.15, 0.2) is 27.6 Å². The van der Waals surface area contributed by atoms with Crippen LogP contribution in [0, 0.1) is 5.92 Å². The molecule has 0 radical (unpaired) electrons. The summed E-state index contributed by atoms with van der Waals surface area (Å²) in [6.07, 6.45) is 0. The van der Waals surface area contributed by atoms with Crippen molar-refractivity contribution in [3.05, 3.63) is 22.7 Å². The van der Waals surface area contributed by atoms with Crippen LogP contribution >= 0.6 is 27.7 Å². The molecule has 3 nitrogen and oxygen atoms in total. The van der Waals surface area contributed by atoms with E-state index in [1.807, 2.05) is 18.2 Å². The zero-order valence-electron chi connectivity index (χ0n) is 8.24. The summed E-state index contributed by atoms with van der Waals surface area (Å²) in [6.45, 7) is 1.68. The molecule has 15 heavy (non-hydrogen) atoms. The summed E-state index contributed by atoms with van der Waals surface area (Å²) in [5, 5.41) is 8.72. The number of aliphatic carboxylic acids is 1. The van der Waals surface area contributed by atoms with Crippen LogP contribution in [0.5, 0.6) is 0 Å². The van der Waals surface area contributed by atoms with Gasteiger partial charge in [-0.3, -0.25) is 4.79 Å². The molecule has 0 saturated heterocycles. The van der Waals surface area contributed by atoms with E-state index in [9.17, 15) is 4.79 Å². The van der Waals surface area contributed by atoms with Crippen molar-refractivity contribution in [3.63, 3.8) is 0 Å². The Morgan fingerprint density at radius 1 is 1.67 bits per heavy atom. The van der Waals surface area contributed by atoms with Crippen LogP contribution in [0.3, 0.4) is 0 Å². The number of anilines is 1. The van der Waals surface area contributed by atoms with Gasteiger partial charge in [-0.25, -0.2) is 0 Å². The van der Waals surface area contributed by atoms with E-state index in [4.69, 9.17) is 10.8 Å². The summed E-state index contributed by atoms with van der Waals surface area (Å²) in [5.41, 5.74) is 6.46. The molecule has 1 aromatic rings. The van der Waals surface area contributed by atoms with Crippen molar-refractivity contribution in [2.24, 2.45) is 5.92 Å². The highest BCUT2D eigenvalue weighted by Crippen LogP contribution is 2.29. The lowest BCUT2D eigenvalue weighted by atomic mass is 10.2. The average Bonchev–Trinajstić information content (AvgIpc) is 2.15. The number of carbonyl (C=O) groups is 1. The third kappa shape index (κ3) is 3.76. The maximum Gasteiger partial charge on any atom is 0.307 e. The zero-order valence-corrected chi connectivity index (χ0v) is 10.6. The Bertz CT molecular complexity index is 370. The van der Waals surface area contributed by atoms with Crippen molar-refractivity contribution < 1.29 is 9.90 Å². The summed E-state index contributed by atoms with van der Waals surface area (Å²) in [4.78, 5) is 11.5. The molecule has 0 aliphatic carbocycles. The fourth-order valence-electron chi connectivity index (χ4n) is 0.937. The van der Waals surface area contributed by atoms with E-state index < -0.39 is 5.97 Å². The van der Waals surface area contributed by atoms with Gasteiger partial charge in [0.25, 0.3) is 0 Å². The predicted octanol–water partition coefficient (Wildman–Crippen LogP) is 2.84. The molecule has 1 aromatic carbocycles. The Labute approximate surface area is 101 Å². The molecule has 0 amide bonds. The van der Waals surface area contributed by atoms with E-state index in [2.05, 4.69) is 15.9 Å². The van der Waals surface area contributed by atoms with Gasteiger partial charge in [-0.05, 0) is 18.2 Å². The van der Waals surface area contributed by atoms with Crippen LogP contribution in [-0.2, 0) is 4.79 Å². The lowest BCUT2D eigenvalue weighted by Gasteiger charge is -2.08. The van der Waals surface area contributed by atoms with Gasteiger partial charge in [0, 0.05) is 20.8 Å². The Kier molecular flexibility index (Phi) is 4.47. The Morgan fingerprint density at radius 3 is 2.87 bits per heavy atom. The largest absolute Gasteiger partial charge is 0.481 e. The number of halogens is 1. The first-order chi connectivity index (χ1) is 7.00. The molecule has 82 valence electrons. The smallest absolute Gasteiger partial charge is 0.307 e. The number of benzene rings is 1. The van der Waals surface area contributed by atoms with Gasteiger partial charge in [0.05, 0.1) is 5.92 Å². The number of nitrogens with two attached hydrogens (primary N) is 1. The Morgan fingerprint density at radius 2 is 2.33 bits per heavy atom. The summed E-state index contributed by atoms with van der Waals surface area (Å²) in [6, 6.07) is 5.59. The van der Waals surface area contributed by atoms with E-state index in [1.165, 1.54) is 11.8 Å². The van der Waals surface area contributed by atoms with Gasteiger partial charge in [0.1, 0.15) is 0 Å². The second-order valence-corrected chi connectivity index (χ2v) is 5.21. The van der Waals surface area contributed by atoms with Crippen LogP contribution in [0.4, 0.5) is 5.69 Å². The Hall–Kier alpha value is -0.680. The second-order valence-electron chi connectivity index (χ2n) is 3.23. The van der Waals surface area contributed by atoms with Crippen LogP contribution in [0.2, 0.25) is 0 Å². The first-order valence-corrected chi connectivity index (χ1v) is 6.19. The first kappa shape index (κ1) is 12.4. The van der Waals surface area contributed by atoms with E-state index in [-0.39, 0.29) is 5.92 Å². The molecule has 0 aromatic heterocycles. The number of carboxylic acids is 1. The molecule has 0 aliphatic rings. The topological polar surface area (TPSA) is 63.3 Å². The predicted molar refractivity (Wildman–Crippen MR) is 66.1 cm³/mol. The standard InChI is InChI=1S/C10H12BrNO2S/c1-6(10(13)14)5-15-9-3-2-7(11)4-8(9)12/h2-4,6H,5,12H2,1H3,(H,13,14). The molecule has 1 rings (SSSR count). The summed E-state index contributed by atoms with van der Waals surface area (Å²) < 4.78 is 0.927. The normalized spacial score (nSPS) is 12.4. The lowest BCUT2D eigenvalue weighted by Crippen LogP contribution is -2.11. The van der Waals surface area contributed by atoms with Gasteiger partial charge in [0.15, 0.2) is 0 Å². The van der Waals surface area contributed by atoms with Crippen molar-refractivity contribution in [3.8, 4) is 0 Å². The maximum atomic E-state index is 10.6. The van der Waals surface area contributed by atoms with E-state index in [0.29, 0.717) is 11.4 Å². The minimum Gasteiger partial charge on any atom is -0.481 e. The SMILES string of the molecule is CC(CSc1ccc(Br)cc1N)C(=O)O. The summed E-state index contributed by atoms with van der Waals surface area (Å²) in [5.74, 6) is -0.613. The van der Waals surface area contributed by atoms with Crippen molar-refractivity contribution in [2.75, 3.05) is 11.5 Å². The number of hydrogen-bond acceptors (Lipinski definition) is 3. The minimum atomic E-state index is -0.779. The second kappa shape index (κ2) is 5.42. The zero-order chi connectivity index (χ0) is 11.4. The fraction of sp³-hybridized carbons (Fsp3) is 0.300. The van der Waals surface area contributed by atoms with Gasteiger partial charge in [-0.1, -0.05) is 22.9 Å². The highest BCUT2D eigenvalue weighted by Gasteiger charge is 2.11. The number of carboxylic acid groups (broad SMARTS) is 1. The molecule has 1 unspecified atom stereocenters. The molecule has 0 fully saturated rings. The molecule has 0 heterocycles. The maximum absolute atomic E-state index is 10.6. The Balaban J connectivity index is 2.62. The fourth-order valence-corrected chi connectivity index (χ4v) is 2.28. The number of thioether (sulfide) groups is 1. The van der Waals surface area contributed by atoms with Crippen LogP contribution in [0.25, 0.3) is 0 Å². The summed E-state index contributed by atoms with van der Waals surface area (Å²) >= 11 is 4.78. The molecule has 0 bridgehead atoms. The van der Waals surface area contributed by atoms with Crippen molar-refractivity contribution in [1.82, 2.24) is 0 Å². The van der Waals surface area contributed by atoms with Gasteiger partial charge in [-0.15, -0.1) is 11.8 Å². The van der Waals surface area contributed by atoms with Gasteiger partial charge in [0.2, 0.25) is 0 Å². The summed E-state index contributed by atoms with van der Waals surface area (Å²) in [7, 11) is 0. The minimum absolute atomic E-state index is 0.363. The third-order valence-electron chi connectivity index (χ3n) is 1.88. The van der Waals surface area contributed by atoms with Gasteiger partial charge in [-0.2, -0.15) is 0 Å². The molecule has 3 N–H and O–H groups in total. The van der Waals surface area contributed by atoms with Gasteiger partial charge < -0.3 is 10.8 Å². The van der Waals surface area contributed by atoms with Crippen molar-refractivity contribution in [2.45, 2.75) is 11.8 Å². The van der Waals surface area contributed by atoms with E-state index in [0.717, 1.165) is 9.37 Å². The van der Waals surface area contributed by atoms with Crippen molar-refractivity contribution >= 4 is 39.3 Å². The number of rotatable bonds is 4. The van der Waals surface area contributed by atoms with Crippen molar-refractivity contribution in [1.29, 1.82) is 0 Å². The first-order valence-electron chi connectivity index (χ1n) is 4.41. The average molecular weight is 290 g/mol. The molecule has 0 spiro atoms. The van der Waals surface area contributed by atoms with Crippen LogP contribution < -0.4 is 5.73 Å². The highest BCUT2D eigenvalue weighted by atomic mass is 79.9. The van der Waals surface area contributed by atoms with E-state index >= 15 is 0 Å². The lowest BCUT2D eigenvalue weighted by molar-refractivity contribution is -0.140. The molecular formula is C10H12BrNO2S. The molecule has 0 saturated carbocycles. The number of hydrogen-bond donors (Lipinski definition) is 2. The van der Waals surface area contributed by atoms with E-state index in [1.54, 1.807) is 6.92 Å². The highest BCUT2D eigenvalue weighted by molar-refractivity contribution is 9.10. The monoisotopic (exact) mass is 289 g/mol. The van der Waals surface area contributed by atoms with Crippen LogP contribution in [-0.4, -0.2) is 16.8 Å². The van der Waals surface area contributed by atoms with Crippen LogP contribution in [0.1, 0.15) is 6.92 Å².